The van der Waals surface area contributed by atoms with Crippen LogP contribution in [0.2, 0.25) is 0 Å². The molecule has 1 aliphatic rings. The van der Waals surface area contributed by atoms with Gasteiger partial charge >= 0.3 is 0 Å². The Bertz CT molecular complexity index is 148. The normalized spacial score (nSPS) is 20.2. The first-order valence-corrected chi connectivity index (χ1v) is 5.07. The molecule has 0 heterocycles. The van der Waals surface area contributed by atoms with E-state index < -0.39 is 0 Å². The SMILES string of the molecule is CC.CC=C(C)NC1(C)CCC1.[HH]. The van der Waals surface area contributed by atoms with E-state index in [4.69, 9.17) is 0 Å². The molecule has 0 unspecified atom stereocenters. The Morgan fingerprint density at radius 2 is 1.92 bits per heavy atom. The first-order valence-electron chi connectivity index (χ1n) is 5.07. The lowest BCUT2D eigenvalue weighted by atomic mass is 9.78. The van der Waals surface area contributed by atoms with Gasteiger partial charge in [0.2, 0.25) is 0 Å². The summed E-state index contributed by atoms with van der Waals surface area (Å²) in [7, 11) is 0. The Labute approximate surface area is 78.7 Å². The minimum atomic E-state index is 0. The zero-order chi connectivity index (χ0) is 9.61. The predicted octanol–water partition coefficient (Wildman–Crippen LogP) is 3.71. The summed E-state index contributed by atoms with van der Waals surface area (Å²) in [5, 5.41) is 3.50. The molecule has 0 aliphatic heterocycles. The van der Waals surface area contributed by atoms with Crippen molar-refractivity contribution < 1.29 is 1.43 Å². The molecule has 1 fully saturated rings. The standard InChI is InChI=1S/C9H17N.C2H6.H2/c1-4-8(2)10-9(3)6-5-7-9;1-2;/h4,10H,5-7H2,1-3H3;1-2H3;1H. The zero-order valence-corrected chi connectivity index (χ0v) is 9.20. The maximum Gasteiger partial charge on any atom is 0.0342 e. The van der Waals surface area contributed by atoms with Gasteiger partial charge in [-0.1, -0.05) is 19.9 Å². The van der Waals surface area contributed by atoms with E-state index in [1.165, 1.54) is 25.0 Å². The highest BCUT2D eigenvalue weighted by atomic mass is 15.0. The molecule has 0 radical (unpaired) electrons. The van der Waals surface area contributed by atoms with Crippen LogP contribution in [0.4, 0.5) is 0 Å². The molecule has 0 spiro atoms. The van der Waals surface area contributed by atoms with Crippen LogP contribution in [0, 0.1) is 0 Å². The topological polar surface area (TPSA) is 12.0 Å². The lowest BCUT2D eigenvalue weighted by Gasteiger charge is -2.40. The summed E-state index contributed by atoms with van der Waals surface area (Å²) in [6.07, 6.45) is 6.18. The second-order valence-corrected chi connectivity index (χ2v) is 3.51. The molecule has 1 aliphatic carbocycles. The molecule has 0 aromatic carbocycles. The predicted molar refractivity (Wildman–Crippen MR) is 58.3 cm³/mol. The first kappa shape index (κ1) is 11.5. The highest BCUT2D eigenvalue weighted by molar-refractivity contribution is 5.03. The van der Waals surface area contributed by atoms with Gasteiger partial charge in [-0.15, -0.1) is 0 Å². The smallest absolute Gasteiger partial charge is 0.0342 e. The highest BCUT2D eigenvalue weighted by Gasteiger charge is 2.30. The van der Waals surface area contributed by atoms with Crippen molar-refractivity contribution in [3.63, 3.8) is 0 Å². The van der Waals surface area contributed by atoms with Crippen molar-refractivity contribution in [1.82, 2.24) is 5.32 Å². The molecule has 74 valence electrons. The molecule has 0 aromatic heterocycles. The van der Waals surface area contributed by atoms with Crippen LogP contribution in [0.25, 0.3) is 0 Å². The van der Waals surface area contributed by atoms with E-state index in [0.717, 1.165) is 0 Å². The monoisotopic (exact) mass is 171 g/mol. The van der Waals surface area contributed by atoms with Crippen LogP contribution >= 0.6 is 0 Å². The fourth-order valence-corrected chi connectivity index (χ4v) is 1.38. The Morgan fingerprint density at radius 1 is 1.42 bits per heavy atom. The highest BCUT2D eigenvalue weighted by Crippen LogP contribution is 2.31. The summed E-state index contributed by atoms with van der Waals surface area (Å²) in [6.45, 7) is 10.5. The Hall–Kier alpha value is -0.460. The van der Waals surface area contributed by atoms with Crippen LogP contribution in [0.1, 0.15) is 55.3 Å². The molecule has 12 heavy (non-hydrogen) atoms. The fraction of sp³-hybridized carbons (Fsp3) is 0.818. The quantitative estimate of drug-likeness (QED) is 0.668. The third-order valence-corrected chi connectivity index (χ3v) is 2.39. The van der Waals surface area contributed by atoms with E-state index in [9.17, 15) is 0 Å². The second-order valence-electron chi connectivity index (χ2n) is 3.51. The largest absolute Gasteiger partial charge is 0.384 e. The minimum absolute atomic E-state index is 0. The average Bonchev–Trinajstić information content (AvgIpc) is 2.05. The van der Waals surface area contributed by atoms with E-state index >= 15 is 0 Å². The number of allylic oxidation sites excluding steroid dienone is 2. The van der Waals surface area contributed by atoms with Crippen molar-refractivity contribution >= 4 is 0 Å². The van der Waals surface area contributed by atoms with Crippen molar-refractivity contribution in [3.8, 4) is 0 Å². The van der Waals surface area contributed by atoms with Gasteiger partial charge in [0.1, 0.15) is 0 Å². The minimum Gasteiger partial charge on any atom is -0.384 e. The molecule has 0 bridgehead atoms. The molecule has 1 heteroatoms. The molecule has 1 nitrogen and oxygen atoms in total. The maximum absolute atomic E-state index is 3.50. The van der Waals surface area contributed by atoms with Crippen molar-refractivity contribution in [2.45, 2.75) is 59.4 Å². The van der Waals surface area contributed by atoms with Gasteiger partial charge in [-0.05, 0) is 40.0 Å². The third-order valence-electron chi connectivity index (χ3n) is 2.39. The third kappa shape index (κ3) is 3.29. The van der Waals surface area contributed by atoms with Gasteiger partial charge in [0, 0.05) is 12.7 Å². The van der Waals surface area contributed by atoms with Gasteiger partial charge < -0.3 is 5.32 Å². The molecule has 1 N–H and O–H groups in total. The molecule has 0 saturated heterocycles. The molecule has 0 aromatic rings. The summed E-state index contributed by atoms with van der Waals surface area (Å²) in [5.74, 6) is 0. The van der Waals surface area contributed by atoms with E-state index in [2.05, 4.69) is 32.2 Å². The Morgan fingerprint density at radius 3 is 2.17 bits per heavy atom. The fourth-order valence-electron chi connectivity index (χ4n) is 1.38. The van der Waals surface area contributed by atoms with Gasteiger partial charge in [0.25, 0.3) is 0 Å². The van der Waals surface area contributed by atoms with E-state index in [1.54, 1.807) is 0 Å². The lowest BCUT2D eigenvalue weighted by Crippen LogP contribution is -2.46. The van der Waals surface area contributed by atoms with Crippen LogP contribution in [-0.4, -0.2) is 5.54 Å². The number of hydrogen-bond donors (Lipinski definition) is 1. The van der Waals surface area contributed by atoms with Crippen LogP contribution in [-0.2, 0) is 0 Å². The van der Waals surface area contributed by atoms with Gasteiger partial charge in [-0.25, -0.2) is 0 Å². The van der Waals surface area contributed by atoms with Crippen LogP contribution in [0.5, 0.6) is 0 Å². The van der Waals surface area contributed by atoms with Gasteiger partial charge in [0.15, 0.2) is 0 Å². The first-order chi connectivity index (χ1) is 5.66. The van der Waals surface area contributed by atoms with Gasteiger partial charge in [-0.2, -0.15) is 0 Å². The summed E-state index contributed by atoms with van der Waals surface area (Å²) < 4.78 is 0. The van der Waals surface area contributed by atoms with Crippen molar-refractivity contribution in [2.75, 3.05) is 0 Å². The second kappa shape index (κ2) is 5.23. The molecule has 0 amide bonds. The Kier molecular flexibility index (Phi) is 5.03. The molecule has 1 rings (SSSR count). The summed E-state index contributed by atoms with van der Waals surface area (Å²) in [4.78, 5) is 0. The number of nitrogens with one attached hydrogen (secondary N) is 1. The Balaban J connectivity index is 0. The summed E-state index contributed by atoms with van der Waals surface area (Å²) in [6, 6.07) is 0. The molecular weight excluding hydrogens is 146 g/mol. The maximum atomic E-state index is 3.50. The zero-order valence-electron chi connectivity index (χ0n) is 9.20. The van der Waals surface area contributed by atoms with Crippen molar-refractivity contribution in [3.05, 3.63) is 11.8 Å². The van der Waals surface area contributed by atoms with Gasteiger partial charge in [0.05, 0.1) is 0 Å². The molecular formula is C11H25N. The lowest BCUT2D eigenvalue weighted by molar-refractivity contribution is 0.228. The molecule has 0 atom stereocenters. The van der Waals surface area contributed by atoms with E-state index in [0.29, 0.717) is 5.54 Å². The summed E-state index contributed by atoms with van der Waals surface area (Å²) >= 11 is 0. The van der Waals surface area contributed by atoms with Crippen molar-refractivity contribution in [2.24, 2.45) is 0 Å². The average molecular weight is 171 g/mol. The van der Waals surface area contributed by atoms with Crippen molar-refractivity contribution in [1.29, 1.82) is 0 Å². The van der Waals surface area contributed by atoms with E-state index in [-0.39, 0.29) is 1.43 Å². The van der Waals surface area contributed by atoms with E-state index in [1.807, 2.05) is 13.8 Å². The van der Waals surface area contributed by atoms with Crippen LogP contribution < -0.4 is 5.32 Å². The number of rotatable bonds is 2. The summed E-state index contributed by atoms with van der Waals surface area (Å²) in [5.41, 5.74) is 1.73. The van der Waals surface area contributed by atoms with Gasteiger partial charge in [-0.3, -0.25) is 0 Å². The molecule has 1 saturated carbocycles. The van der Waals surface area contributed by atoms with Crippen LogP contribution in [0.3, 0.4) is 0 Å². The van der Waals surface area contributed by atoms with Crippen LogP contribution in [0.15, 0.2) is 11.8 Å². The number of hydrogen-bond acceptors (Lipinski definition) is 1.